The highest BCUT2D eigenvalue weighted by atomic mass is 35.5. The Kier molecular flexibility index (Phi) is 9.84. The summed E-state index contributed by atoms with van der Waals surface area (Å²) in [5.41, 5.74) is -0.672. The van der Waals surface area contributed by atoms with E-state index in [0.717, 1.165) is 35.0 Å². The molecule has 268 valence electrons. The van der Waals surface area contributed by atoms with Crippen LogP contribution in [-0.4, -0.2) is 73.0 Å². The number of aromatic nitrogens is 6. The van der Waals surface area contributed by atoms with E-state index in [1.54, 1.807) is 24.3 Å². The molecule has 4 heterocycles. The van der Waals surface area contributed by atoms with Crippen molar-refractivity contribution in [2.24, 2.45) is 0 Å². The third-order valence-electron chi connectivity index (χ3n) is 8.41. The van der Waals surface area contributed by atoms with Gasteiger partial charge in [-0.15, -0.1) is 5.10 Å². The van der Waals surface area contributed by atoms with Gasteiger partial charge in [0.05, 0.1) is 37.3 Å². The molecule has 0 bridgehead atoms. The molecule has 0 saturated carbocycles. The molecule has 2 saturated heterocycles. The summed E-state index contributed by atoms with van der Waals surface area (Å²) in [5, 5.41) is 21.9. The molecule has 11 nitrogen and oxygen atoms in total. The van der Waals surface area contributed by atoms with E-state index in [9.17, 15) is 27.1 Å². The smallest absolute Gasteiger partial charge is 0.394 e. The molecule has 0 radical (unpaired) electrons. The van der Waals surface area contributed by atoms with Crippen molar-refractivity contribution in [3.05, 3.63) is 111 Å². The molecule has 18 heteroatoms. The largest absolute Gasteiger partial charge is 0.418 e. The minimum atomic E-state index is -4.79. The van der Waals surface area contributed by atoms with Crippen molar-refractivity contribution in [3.8, 4) is 16.9 Å². The number of nitrogens with zero attached hydrogens (tertiary/aromatic N) is 6. The van der Waals surface area contributed by atoms with Crippen molar-refractivity contribution in [1.29, 1.82) is 0 Å². The van der Waals surface area contributed by atoms with E-state index in [1.807, 2.05) is 6.07 Å². The van der Waals surface area contributed by atoms with Gasteiger partial charge in [0.15, 0.2) is 12.1 Å². The molecule has 0 amide bonds. The van der Waals surface area contributed by atoms with E-state index in [1.165, 1.54) is 17.8 Å². The molecule has 2 aliphatic heterocycles. The van der Waals surface area contributed by atoms with E-state index in [0.29, 0.717) is 5.56 Å². The lowest BCUT2D eigenvalue weighted by atomic mass is 9.90. The molecule has 6 atom stereocenters. The average molecular weight is 754 g/mol. The lowest BCUT2D eigenvalue weighted by molar-refractivity contribution is -0.323. The average Bonchev–Trinajstić information content (AvgIpc) is 3.75. The second-order valence-corrected chi connectivity index (χ2v) is 12.6. The zero-order valence-corrected chi connectivity index (χ0v) is 27.9. The maximum Gasteiger partial charge on any atom is 0.418 e. The molecule has 2 fully saturated rings. The molecule has 0 spiro atoms. The summed E-state index contributed by atoms with van der Waals surface area (Å²) < 4.78 is 99.4. The van der Waals surface area contributed by atoms with Crippen molar-refractivity contribution in [3.63, 3.8) is 0 Å². The molecule has 5 aromatic rings. The number of hydrogen-bond acceptors (Lipinski definition) is 9. The second kappa shape index (κ2) is 14.2. The van der Waals surface area contributed by atoms with Crippen LogP contribution < -0.4 is 0 Å². The first kappa shape index (κ1) is 35.4. The van der Waals surface area contributed by atoms with Gasteiger partial charge < -0.3 is 24.1 Å². The quantitative estimate of drug-likeness (QED) is 0.138. The fraction of sp³-hybridized carbons (Fsp3) is 0.333. The molecule has 2 unspecified atom stereocenters. The van der Waals surface area contributed by atoms with Crippen LogP contribution in [0.4, 0.5) is 22.0 Å². The fourth-order valence-electron chi connectivity index (χ4n) is 6.23. The van der Waals surface area contributed by atoms with Crippen molar-refractivity contribution in [2.75, 3.05) is 19.8 Å². The number of halogens is 7. The second-order valence-electron chi connectivity index (χ2n) is 11.7. The van der Waals surface area contributed by atoms with Gasteiger partial charge in [0.1, 0.15) is 58.6 Å². The number of fused-ring (bicyclic) bond motifs is 1. The number of aliphatic hydroxyl groups excluding tert-OH is 1. The lowest BCUT2D eigenvalue weighted by Gasteiger charge is -2.49. The van der Waals surface area contributed by atoms with Gasteiger partial charge in [-0.1, -0.05) is 58.7 Å². The van der Waals surface area contributed by atoms with Crippen LogP contribution in [0.5, 0.6) is 0 Å². The fourth-order valence-corrected chi connectivity index (χ4v) is 6.51. The molecule has 7 rings (SSSR count). The summed E-state index contributed by atoms with van der Waals surface area (Å²) in [5.74, 6) is -2.00. The van der Waals surface area contributed by atoms with Crippen LogP contribution in [0.2, 0.25) is 10.0 Å². The first-order valence-electron chi connectivity index (χ1n) is 15.5. The Morgan fingerprint density at radius 2 is 1.76 bits per heavy atom. The lowest BCUT2D eigenvalue weighted by Crippen LogP contribution is -2.57. The molecule has 1 N–H and O–H groups in total. The standard InChI is InChI=1S/C33H27Cl2F5N6O5/c1-16-41-31(46(43-16)24-13-19(34)7-8-20(24)33(38,39)40)30-29(48-10-9-47)27(28-25(50-30)15-49-32(51-28)17-5-3-2-4-6-17)45-14-23(42-44-45)18-11-21(36)26(35)22(37)12-18/h2-8,11-14,25,27-30,32,47H,9-10,15H2,1H3/t25-,27?,28+,29-,30-,32?/m1/s1. The molecule has 3 aromatic carbocycles. The van der Waals surface area contributed by atoms with Crippen LogP contribution in [0.1, 0.15) is 41.2 Å². The van der Waals surface area contributed by atoms with Crippen molar-refractivity contribution >= 4 is 23.2 Å². The Morgan fingerprint density at radius 3 is 2.47 bits per heavy atom. The molecular weight excluding hydrogens is 726 g/mol. The SMILES string of the molecule is Cc1nc([C@@H]2O[C@@H]3COC(c4ccccc4)O[C@@H]3C(n3cc(-c4cc(F)c(Cl)c(F)c4)nn3)[C@H]2OCCO)n(-c2cc(Cl)ccc2C(F)(F)F)n1. The topological polar surface area (TPSA) is 119 Å². The maximum absolute atomic E-state index is 14.4. The highest BCUT2D eigenvalue weighted by molar-refractivity contribution is 6.31. The van der Waals surface area contributed by atoms with Gasteiger partial charge in [0.25, 0.3) is 0 Å². The molecule has 2 aliphatic rings. The van der Waals surface area contributed by atoms with E-state index < -0.39 is 77.4 Å². The first-order chi connectivity index (χ1) is 24.4. The van der Waals surface area contributed by atoms with Gasteiger partial charge in [0, 0.05) is 16.1 Å². The number of alkyl halides is 3. The summed E-state index contributed by atoms with van der Waals surface area (Å²) in [7, 11) is 0. The number of hydrogen-bond donors (Lipinski definition) is 1. The summed E-state index contributed by atoms with van der Waals surface area (Å²) in [6, 6.07) is 13.1. The number of benzene rings is 3. The van der Waals surface area contributed by atoms with Gasteiger partial charge in [0.2, 0.25) is 0 Å². The zero-order valence-electron chi connectivity index (χ0n) is 26.3. The van der Waals surface area contributed by atoms with Crippen LogP contribution >= 0.6 is 23.2 Å². The maximum atomic E-state index is 14.4. The van der Waals surface area contributed by atoms with Gasteiger partial charge >= 0.3 is 6.18 Å². The van der Waals surface area contributed by atoms with Crippen LogP contribution in [0.3, 0.4) is 0 Å². The molecule has 0 aliphatic carbocycles. The number of aliphatic hydroxyl groups is 1. The summed E-state index contributed by atoms with van der Waals surface area (Å²) >= 11 is 11.9. The monoisotopic (exact) mass is 752 g/mol. The van der Waals surface area contributed by atoms with Crippen LogP contribution in [0, 0.1) is 18.6 Å². The summed E-state index contributed by atoms with van der Waals surface area (Å²) in [4.78, 5) is 4.48. The van der Waals surface area contributed by atoms with E-state index in [4.69, 9.17) is 42.1 Å². The van der Waals surface area contributed by atoms with Crippen molar-refractivity contribution in [1.82, 2.24) is 29.8 Å². The van der Waals surface area contributed by atoms with Crippen LogP contribution in [0.15, 0.2) is 66.9 Å². The van der Waals surface area contributed by atoms with Crippen LogP contribution in [0.25, 0.3) is 16.9 Å². The van der Waals surface area contributed by atoms with E-state index >= 15 is 0 Å². The Hall–Kier alpha value is -4.03. The predicted molar refractivity (Wildman–Crippen MR) is 170 cm³/mol. The van der Waals surface area contributed by atoms with E-state index in [-0.39, 0.29) is 41.1 Å². The highest BCUT2D eigenvalue weighted by Crippen LogP contribution is 2.46. The highest BCUT2D eigenvalue weighted by Gasteiger charge is 2.54. The molecular formula is C33H27Cl2F5N6O5. The Balaban J connectivity index is 1.37. The summed E-state index contributed by atoms with van der Waals surface area (Å²) in [6.07, 6.45) is -8.51. The predicted octanol–water partition coefficient (Wildman–Crippen LogP) is 6.61. The van der Waals surface area contributed by atoms with Gasteiger partial charge in [-0.05, 0) is 37.3 Å². The Bertz CT molecular complexity index is 2010. The van der Waals surface area contributed by atoms with Crippen LogP contribution in [-0.2, 0) is 25.1 Å². The van der Waals surface area contributed by atoms with E-state index in [2.05, 4.69) is 20.4 Å². The van der Waals surface area contributed by atoms with Gasteiger partial charge in [-0.3, -0.25) is 0 Å². The number of ether oxygens (including phenoxy) is 4. The summed E-state index contributed by atoms with van der Waals surface area (Å²) in [6.45, 7) is 0.766. The Labute approximate surface area is 296 Å². The third kappa shape index (κ3) is 6.96. The van der Waals surface area contributed by atoms with Crippen molar-refractivity contribution in [2.45, 2.75) is 49.8 Å². The molecule has 2 aromatic heterocycles. The first-order valence-corrected chi connectivity index (χ1v) is 16.3. The minimum Gasteiger partial charge on any atom is -0.394 e. The number of rotatable bonds is 8. The Morgan fingerprint density at radius 1 is 1.02 bits per heavy atom. The van der Waals surface area contributed by atoms with Gasteiger partial charge in [-0.2, -0.15) is 18.3 Å². The van der Waals surface area contributed by atoms with Crippen molar-refractivity contribution < 1.29 is 46.0 Å². The normalized spacial score (nSPS) is 23.7. The van der Waals surface area contributed by atoms with Gasteiger partial charge in [-0.25, -0.2) is 23.1 Å². The zero-order chi connectivity index (χ0) is 36.0. The third-order valence-corrected chi connectivity index (χ3v) is 9.00. The molecule has 51 heavy (non-hydrogen) atoms. The minimum absolute atomic E-state index is 0.0129. The number of aryl methyl sites for hydroxylation is 1.